The SMILES string of the molecule is O=P(c1ccccc1)(c1cccc2c1oc1c(-c3cccnc3)cccc12)c1cccc2c1oc1c(-c3cccnc3)cccc12. The predicted molar refractivity (Wildman–Crippen MR) is 187 cm³/mol. The van der Waals surface area contributed by atoms with Crippen molar-refractivity contribution in [2.45, 2.75) is 0 Å². The van der Waals surface area contributed by atoms with Gasteiger partial charge in [0, 0.05) is 73.9 Å². The monoisotopic (exact) mass is 612 g/mol. The molecule has 218 valence electrons. The molecule has 0 aliphatic rings. The molecule has 4 heterocycles. The maximum Gasteiger partial charge on any atom is 0.178 e. The molecule has 0 saturated heterocycles. The van der Waals surface area contributed by atoms with Crippen molar-refractivity contribution in [2.75, 3.05) is 0 Å². The highest BCUT2D eigenvalue weighted by Crippen LogP contribution is 2.49. The maximum atomic E-state index is 16.2. The van der Waals surface area contributed by atoms with Crippen LogP contribution >= 0.6 is 7.14 Å². The summed E-state index contributed by atoms with van der Waals surface area (Å²) in [6.45, 7) is 0. The molecule has 0 bridgehead atoms. The van der Waals surface area contributed by atoms with Crippen molar-refractivity contribution < 1.29 is 13.4 Å². The fraction of sp³-hybridized carbons (Fsp3) is 0. The number of nitrogens with zero attached hydrogens (tertiary/aromatic N) is 2. The summed E-state index contributed by atoms with van der Waals surface area (Å²) < 4.78 is 29.7. The van der Waals surface area contributed by atoms with Gasteiger partial charge in [-0.15, -0.1) is 0 Å². The van der Waals surface area contributed by atoms with E-state index >= 15 is 4.57 Å². The van der Waals surface area contributed by atoms with Crippen LogP contribution in [0.5, 0.6) is 0 Å². The number of hydrogen-bond donors (Lipinski definition) is 0. The first-order valence-corrected chi connectivity index (χ1v) is 16.8. The molecule has 4 aromatic heterocycles. The Labute approximate surface area is 264 Å². The first-order valence-electron chi connectivity index (χ1n) is 15.1. The molecule has 0 unspecified atom stereocenters. The second-order valence-corrected chi connectivity index (χ2v) is 14.0. The Bertz CT molecular complexity index is 2450. The van der Waals surface area contributed by atoms with Gasteiger partial charge in [0.15, 0.2) is 7.14 Å². The lowest BCUT2D eigenvalue weighted by Gasteiger charge is -2.20. The molecule has 46 heavy (non-hydrogen) atoms. The second-order valence-electron chi connectivity index (χ2n) is 11.3. The molecular weight excluding hydrogens is 587 g/mol. The fourth-order valence-electron chi connectivity index (χ4n) is 6.65. The molecule has 9 aromatic rings. The average Bonchev–Trinajstić information content (AvgIpc) is 3.71. The first-order chi connectivity index (χ1) is 22.7. The van der Waals surface area contributed by atoms with Gasteiger partial charge in [0.25, 0.3) is 0 Å². The van der Waals surface area contributed by atoms with Crippen LogP contribution in [-0.4, -0.2) is 9.97 Å². The molecule has 5 aromatic carbocycles. The van der Waals surface area contributed by atoms with Gasteiger partial charge in [-0.25, -0.2) is 0 Å². The van der Waals surface area contributed by atoms with Crippen LogP contribution in [0.1, 0.15) is 0 Å². The van der Waals surface area contributed by atoms with Crippen LogP contribution in [0.4, 0.5) is 0 Å². The fourth-order valence-corrected chi connectivity index (χ4v) is 9.56. The lowest BCUT2D eigenvalue weighted by molar-refractivity contribution is 0.591. The van der Waals surface area contributed by atoms with Crippen LogP contribution in [0.2, 0.25) is 0 Å². The summed E-state index contributed by atoms with van der Waals surface area (Å²) in [5.41, 5.74) is 6.46. The summed E-state index contributed by atoms with van der Waals surface area (Å²) in [5.74, 6) is 0. The molecule has 0 aliphatic carbocycles. The molecule has 5 nitrogen and oxygen atoms in total. The van der Waals surface area contributed by atoms with Gasteiger partial charge in [-0.05, 0) is 24.3 Å². The standard InChI is InChI=1S/C40H25N2O3P/c43-46(28-12-2-1-3-13-28,35-20-6-18-33-31-16-4-14-29(37(31)44-39(33)35)26-10-8-22-41-24-26)36-21-7-19-34-32-17-5-15-30(38(32)45-40(34)36)27-11-9-23-42-25-27/h1-25H. The zero-order valence-corrected chi connectivity index (χ0v) is 25.4. The van der Waals surface area contributed by atoms with Crippen LogP contribution in [0, 0.1) is 0 Å². The first kappa shape index (κ1) is 26.6. The molecule has 0 amide bonds. The number of para-hydroxylation sites is 4. The van der Waals surface area contributed by atoms with E-state index in [1.807, 2.05) is 128 Å². The van der Waals surface area contributed by atoms with Crippen LogP contribution < -0.4 is 15.9 Å². The van der Waals surface area contributed by atoms with Crippen molar-refractivity contribution in [3.8, 4) is 22.3 Å². The van der Waals surface area contributed by atoms with Crippen molar-refractivity contribution in [2.24, 2.45) is 0 Å². The highest BCUT2D eigenvalue weighted by atomic mass is 31.2. The Morgan fingerprint density at radius 2 is 0.891 bits per heavy atom. The van der Waals surface area contributed by atoms with Gasteiger partial charge in [-0.1, -0.05) is 103 Å². The van der Waals surface area contributed by atoms with Crippen molar-refractivity contribution in [1.29, 1.82) is 0 Å². The van der Waals surface area contributed by atoms with Crippen LogP contribution in [0.3, 0.4) is 0 Å². The van der Waals surface area contributed by atoms with E-state index < -0.39 is 7.14 Å². The molecule has 0 saturated carbocycles. The Morgan fingerprint density at radius 3 is 1.35 bits per heavy atom. The number of benzene rings is 5. The van der Waals surface area contributed by atoms with E-state index in [1.54, 1.807) is 12.4 Å². The topological polar surface area (TPSA) is 69.1 Å². The van der Waals surface area contributed by atoms with Crippen LogP contribution in [0.15, 0.2) is 161 Å². The van der Waals surface area contributed by atoms with Crippen molar-refractivity contribution in [1.82, 2.24) is 9.97 Å². The van der Waals surface area contributed by atoms with E-state index in [-0.39, 0.29) is 0 Å². The number of pyridine rings is 2. The Balaban J connectivity index is 1.36. The largest absolute Gasteiger partial charge is 0.455 e. The van der Waals surface area contributed by atoms with Gasteiger partial charge >= 0.3 is 0 Å². The normalized spacial score (nSPS) is 12.0. The van der Waals surface area contributed by atoms with Gasteiger partial charge in [0.1, 0.15) is 22.3 Å². The Morgan fingerprint density at radius 1 is 0.435 bits per heavy atom. The lowest BCUT2D eigenvalue weighted by atomic mass is 10.0. The quantitative estimate of drug-likeness (QED) is 0.181. The van der Waals surface area contributed by atoms with Crippen molar-refractivity contribution >= 4 is 66.9 Å². The molecule has 0 aliphatic heterocycles. The summed E-state index contributed by atoms with van der Waals surface area (Å²) in [4.78, 5) is 8.66. The predicted octanol–water partition coefficient (Wildman–Crippen LogP) is 9.25. The molecule has 0 atom stereocenters. The third kappa shape index (κ3) is 3.92. The van der Waals surface area contributed by atoms with Crippen molar-refractivity contribution in [3.63, 3.8) is 0 Å². The van der Waals surface area contributed by atoms with E-state index in [0.29, 0.717) is 27.1 Å². The summed E-state index contributed by atoms with van der Waals surface area (Å²) in [6, 6.07) is 41.7. The third-order valence-corrected chi connectivity index (χ3v) is 11.8. The van der Waals surface area contributed by atoms with E-state index in [9.17, 15) is 0 Å². The molecule has 0 N–H and O–H groups in total. The number of hydrogen-bond acceptors (Lipinski definition) is 5. The average molecular weight is 613 g/mol. The molecule has 6 heteroatoms. The van der Waals surface area contributed by atoms with Gasteiger partial charge in [0.2, 0.25) is 0 Å². The third-order valence-electron chi connectivity index (χ3n) is 8.75. The molecular formula is C40H25N2O3P. The van der Waals surface area contributed by atoms with Crippen LogP contribution in [-0.2, 0) is 4.57 Å². The minimum atomic E-state index is -3.56. The molecule has 9 rings (SSSR count). The second kappa shape index (κ2) is 10.4. The van der Waals surface area contributed by atoms with E-state index in [2.05, 4.69) is 22.1 Å². The van der Waals surface area contributed by atoms with E-state index in [1.165, 1.54) is 0 Å². The number of aromatic nitrogens is 2. The number of rotatable bonds is 5. The van der Waals surface area contributed by atoms with Gasteiger partial charge < -0.3 is 13.4 Å². The van der Waals surface area contributed by atoms with Gasteiger partial charge in [-0.3, -0.25) is 9.97 Å². The minimum Gasteiger partial charge on any atom is -0.455 e. The molecule has 0 fully saturated rings. The number of fused-ring (bicyclic) bond motifs is 6. The lowest BCUT2D eigenvalue weighted by Crippen LogP contribution is -2.25. The van der Waals surface area contributed by atoms with E-state index in [0.717, 1.165) is 55.0 Å². The Kier molecular flexibility index (Phi) is 6.02. The zero-order valence-electron chi connectivity index (χ0n) is 24.5. The maximum absolute atomic E-state index is 16.2. The molecule has 0 spiro atoms. The molecule has 0 radical (unpaired) electrons. The smallest absolute Gasteiger partial charge is 0.178 e. The Hall–Kier alpha value is -5.77. The highest BCUT2D eigenvalue weighted by Gasteiger charge is 2.36. The zero-order chi connectivity index (χ0) is 30.7. The summed E-state index contributed by atoms with van der Waals surface area (Å²) in [7, 11) is -3.56. The highest BCUT2D eigenvalue weighted by molar-refractivity contribution is 7.86. The summed E-state index contributed by atoms with van der Waals surface area (Å²) >= 11 is 0. The van der Waals surface area contributed by atoms with Gasteiger partial charge in [-0.2, -0.15) is 0 Å². The van der Waals surface area contributed by atoms with Crippen molar-refractivity contribution in [3.05, 3.63) is 152 Å². The van der Waals surface area contributed by atoms with E-state index in [4.69, 9.17) is 8.83 Å². The summed E-state index contributed by atoms with van der Waals surface area (Å²) in [5, 5.41) is 5.70. The van der Waals surface area contributed by atoms with Gasteiger partial charge in [0.05, 0.1) is 10.6 Å². The summed E-state index contributed by atoms with van der Waals surface area (Å²) in [6.07, 6.45) is 7.18. The van der Waals surface area contributed by atoms with Crippen LogP contribution in [0.25, 0.3) is 66.1 Å². The minimum absolute atomic E-state index is 0.602. The number of furan rings is 2.